The Morgan fingerprint density at radius 3 is 1.45 bits per heavy atom. The number of pyridine rings is 1. The lowest BCUT2D eigenvalue weighted by Crippen LogP contribution is -2.63. The average Bonchev–Trinajstić information content (AvgIpc) is 3.11. The van der Waals surface area contributed by atoms with Crippen molar-refractivity contribution in [3.05, 3.63) is 115 Å². The lowest BCUT2D eigenvalue weighted by molar-refractivity contribution is -0.382. The van der Waals surface area contributed by atoms with Gasteiger partial charge in [-0.1, -0.05) is 91.0 Å². The van der Waals surface area contributed by atoms with Crippen molar-refractivity contribution in [2.45, 2.75) is 23.3 Å². The largest absolute Gasteiger partial charge is 0.460 e. The molecule has 0 amide bonds. The lowest BCUT2D eigenvalue weighted by atomic mass is 10.0. The number of halogens is 9. The van der Waals surface area contributed by atoms with Gasteiger partial charge in [0.1, 0.15) is 0 Å². The summed E-state index contributed by atoms with van der Waals surface area (Å²) < 4.78 is 150. The molecular formula is C34H19F9N4O3S. The van der Waals surface area contributed by atoms with Crippen LogP contribution in [0.1, 0.15) is 0 Å². The van der Waals surface area contributed by atoms with Crippen LogP contribution in [0.25, 0.3) is 56.2 Å². The first-order valence-electron chi connectivity index (χ1n) is 14.4. The maximum atomic E-state index is 14.4. The molecule has 17 heteroatoms. The van der Waals surface area contributed by atoms with Crippen molar-refractivity contribution in [3.63, 3.8) is 0 Å². The number of fused-ring (bicyclic) bond motifs is 1. The van der Waals surface area contributed by atoms with Crippen LogP contribution in [0.2, 0.25) is 0 Å². The van der Waals surface area contributed by atoms with Crippen molar-refractivity contribution in [3.8, 4) is 51.0 Å². The third kappa shape index (κ3) is 6.32. The maximum absolute atomic E-state index is 14.4. The van der Waals surface area contributed by atoms with Crippen molar-refractivity contribution >= 4 is 21.0 Å². The molecule has 0 spiro atoms. The highest BCUT2D eigenvalue weighted by molar-refractivity contribution is 7.88. The molecule has 0 saturated carbocycles. The normalized spacial score (nSPS) is 13.0. The molecule has 0 aliphatic rings. The van der Waals surface area contributed by atoms with Gasteiger partial charge < -0.3 is 4.18 Å². The fourth-order valence-corrected chi connectivity index (χ4v) is 5.74. The smallest absolute Gasteiger partial charge is 0.377 e. The van der Waals surface area contributed by atoms with Gasteiger partial charge >= 0.3 is 33.4 Å². The van der Waals surface area contributed by atoms with Crippen LogP contribution in [0.4, 0.5) is 39.5 Å². The van der Waals surface area contributed by atoms with Crippen molar-refractivity contribution in [2.24, 2.45) is 0 Å². The van der Waals surface area contributed by atoms with Crippen LogP contribution in [0, 0.1) is 0 Å². The lowest BCUT2D eigenvalue weighted by Gasteiger charge is -2.32. The van der Waals surface area contributed by atoms with E-state index in [1.54, 1.807) is 24.3 Å². The first kappa shape index (κ1) is 35.3. The highest BCUT2D eigenvalue weighted by atomic mass is 32.2. The Hall–Kier alpha value is -5.58. The van der Waals surface area contributed by atoms with Gasteiger partial charge in [-0.2, -0.15) is 47.9 Å². The SMILES string of the molecule is O=S(=O)(Oc1ccnc2ccc(-c3ccc(-c4nc(-c5ccccc5)nc(-c5ccccc5)n4)cc3)cc12)C(F)(F)C(F)(F)C(F)(F)C(F)(F)F. The van der Waals surface area contributed by atoms with Gasteiger partial charge in [0.05, 0.1) is 5.52 Å². The predicted molar refractivity (Wildman–Crippen MR) is 167 cm³/mol. The van der Waals surface area contributed by atoms with Gasteiger partial charge in [-0.05, 0) is 23.3 Å². The van der Waals surface area contributed by atoms with Crippen molar-refractivity contribution < 1.29 is 52.1 Å². The van der Waals surface area contributed by atoms with Crippen LogP contribution in [0.5, 0.6) is 5.75 Å². The summed E-state index contributed by atoms with van der Waals surface area (Å²) in [5, 5.41) is -7.40. The van der Waals surface area contributed by atoms with E-state index in [1.165, 1.54) is 18.2 Å². The number of benzene rings is 4. The molecule has 2 heterocycles. The van der Waals surface area contributed by atoms with Gasteiger partial charge in [-0.25, -0.2) is 15.0 Å². The van der Waals surface area contributed by atoms with Crippen LogP contribution in [0.15, 0.2) is 115 Å². The summed E-state index contributed by atoms with van der Waals surface area (Å²) in [7, 11) is -7.18. The van der Waals surface area contributed by atoms with E-state index in [0.29, 0.717) is 34.7 Å². The molecule has 2 aromatic heterocycles. The molecule has 0 aliphatic carbocycles. The Balaban J connectivity index is 1.35. The average molecular weight is 735 g/mol. The van der Waals surface area contributed by atoms with Crippen LogP contribution >= 0.6 is 0 Å². The summed E-state index contributed by atoms with van der Waals surface area (Å²) in [5.41, 5.74) is 2.62. The quantitative estimate of drug-likeness (QED) is 0.108. The molecule has 0 radical (unpaired) electrons. The third-order valence-corrected chi connectivity index (χ3v) is 8.79. The Labute approximate surface area is 282 Å². The molecule has 0 unspecified atom stereocenters. The summed E-state index contributed by atoms with van der Waals surface area (Å²) in [6, 6.07) is 29.4. The van der Waals surface area contributed by atoms with Crippen LogP contribution in [0.3, 0.4) is 0 Å². The Morgan fingerprint density at radius 1 is 0.510 bits per heavy atom. The first-order valence-corrected chi connectivity index (χ1v) is 15.8. The van der Waals surface area contributed by atoms with E-state index in [-0.39, 0.29) is 16.5 Å². The molecular weight excluding hydrogens is 715 g/mol. The molecule has 6 aromatic rings. The second kappa shape index (κ2) is 12.6. The molecule has 0 aliphatic heterocycles. The predicted octanol–water partition coefficient (Wildman–Crippen LogP) is 9.22. The number of hydrogen-bond acceptors (Lipinski definition) is 7. The third-order valence-electron chi connectivity index (χ3n) is 7.51. The molecule has 0 bridgehead atoms. The Kier molecular flexibility index (Phi) is 8.73. The van der Waals surface area contributed by atoms with Gasteiger partial charge in [-0.15, -0.1) is 0 Å². The van der Waals surface area contributed by atoms with Crippen molar-refractivity contribution in [1.29, 1.82) is 0 Å². The van der Waals surface area contributed by atoms with Crippen LogP contribution in [-0.4, -0.2) is 51.6 Å². The standard InChI is InChI=1S/C34H19F9N4O3S/c35-31(36,33(39,40)41)32(37,38)34(42,43)51(48,49)50-27-17-18-44-26-16-15-24(19-25(26)27)20-11-13-23(14-12-20)30-46-28(21-7-3-1-4-8-21)45-29(47-30)22-9-5-2-6-10-22/h1-19H. The molecule has 0 atom stereocenters. The van der Waals surface area contributed by atoms with Crippen LogP contribution < -0.4 is 4.18 Å². The van der Waals surface area contributed by atoms with Crippen molar-refractivity contribution in [1.82, 2.24) is 19.9 Å². The number of nitrogens with zero attached hydrogens (tertiary/aromatic N) is 4. The number of rotatable bonds is 9. The molecule has 0 N–H and O–H groups in total. The van der Waals surface area contributed by atoms with Gasteiger partial charge in [0.2, 0.25) is 0 Å². The fraction of sp³-hybridized carbons (Fsp3) is 0.118. The minimum absolute atomic E-state index is 0.120. The second-order valence-electron chi connectivity index (χ2n) is 10.9. The van der Waals surface area contributed by atoms with E-state index < -0.39 is 39.1 Å². The summed E-state index contributed by atoms with van der Waals surface area (Å²) in [6.07, 6.45) is -6.40. The topological polar surface area (TPSA) is 94.9 Å². The Bertz CT molecular complexity index is 2270. The van der Waals surface area contributed by atoms with E-state index in [4.69, 9.17) is 0 Å². The minimum Gasteiger partial charge on any atom is -0.377 e. The summed E-state index contributed by atoms with van der Waals surface area (Å²) in [4.78, 5) is 17.8. The van der Waals surface area contributed by atoms with E-state index >= 15 is 0 Å². The molecule has 4 aromatic carbocycles. The second-order valence-corrected chi connectivity index (χ2v) is 12.4. The minimum atomic E-state index is -7.45. The zero-order valence-electron chi connectivity index (χ0n) is 25.3. The summed E-state index contributed by atoms with van der Waals surface area (Å²) in [6.45, 7) is 0. The number of aromatic nitrogens is 4. The molecule has 0 saturated heterocycles. The monoisotopic (exact) mass is 734 g/mol. The maximum Gasteiger partial charge on any atom is 0.460 e. The summed E-state index contributed by atoms with van der Waals surface area (Å²) >= 11 is 0. The van der Waals surface area contributed by atoms with Crippen molar-refractivity contribution in [2.75, 3.05) is 0 Å². The van der Waals surface area contributed by atoms with Crippen LogP contribution in [-0.2, 0) is 10.1 Å². The van der Waals surface area contributed by atoms with Gasteiger partial charge in [0, 0.05) is 34.3 Å². The molecule has 262 valence electrons. The number of alkyl halides is 9. The van der Waals surface area contributed by atoms with E-state index in [9.17, 15) is 47.9 Å². The summed E-state index contributed by atoms with van der Waals surface area (Å²) in [5.74, 6) is -14.9. The fourth-order valence-electron chi connectivity index (χ4n) is 4.81. The first-order chi connectivity index (χ1) is 23.9. The van der Waals surface area contributed by atoms with E-state index in [0.717, 1.165) is 17.3 Å². The van der Waals surface area contributed by atoms with E-state index in [1.807, 2.05) is 60.7 Å². The number of hydrogen-bond donors (Lipinski definition) is 0. The van der Waals surface area contributed by atoms with Gasteiger partial charge in [0.15, 0.2) is 23.2 Å². The molecule has 0 fully saturated rings. The Morgan fingerprint density at radius 2 is 0.961 bits per heavy atom. The zero-order chi connectivity index (χ0) is 36.8. The van der Waals surface area contributed by atoms with Gasteiger partial charge in [-0.3, -0.25) is 4.98 Å². The highest BCUT2D eigenvalue weighted by Crippen LogP contribution is 2.55. The molecule has 7 nitrogen and oxygen atoms in total. The molecule has 51 heavy (non-hydrogen) atoms. The zero-order valence-corrected chi connectivity index (χ0v) is 26.1. The van der Waals surface area contributed by atoms with Gasteiger partial charge in [0.25, 0.3) is 0 Å². The highest BCUT2D eigenvalue weighted by Gasteiger charge is 2.86. The molecule has 6 rings (SSSR count). The van der Waals surface area contributed by atoms with E-state index in [2.05, 4.69) is 24.1 Å².